The number of H-pyrrole nitrogens is 1. The lowest BCUT2D eigenvalue weighted by Crippen LogP contribution is -2.35. The first kappa shape index (κ1) is 11.5. The smallest absolute Gasteiger partial charge is 0.252 e. The summed E-state index contributed by atoms with van der Waals surface area (Å²) in [6, 6.07) is 1.48. The van der Waals surface area contributed by atoms with Crippen LogP contribution in [-0.2, 0) is 11.3 Å². The molecule has 0 aliphatic carbocycles. The van der Waals surface area contributed by atoms with E-state index in [0.717, 1.165) is 24.6 Å². The molecule has 0 spiro atoms. The van der Waals surface area contributed by atoms with Gasteiger partial charge in [0.05, 0.1) is 12.3 Å². The minimum atomic E-state index is -0.115. The Morgan fingerprint density at radius 2 is 2.31 bits per heavy atom. The molecule has 1 fully saturated rings. The number of ether oxygens (including phenoxy) is 1. The number of nitrogens with one attached hydrogen (secondary N) is 1. The third-order valence-corrected chi connectivity index (χ3v) is 3.33. The highest BCUT2D eigenvalue weighted by molar-refractivity contribution is 7.99. The van der Waals surface area contributed by atoms with Crippen molar-refractivity contribution in [3.63, 3.8) is 0 Å². The lowest BCUT2D eigenvalue weighted by molar-refractivity contribution is 0.181. The van der Waals surface area contributed by atoms with Gasteiger partial charge in [-0.3, -0.25) is 9.78 Å². The predicted octanol–water partition coefficient (Wildman–Crippen LogP) is 0.469. The summed E-state index contributed by atoms with van der Waals surface area (Å²) >= 11 is 1.93. The second kappa shape index (κ2) is 5.36. The molecule has 6 heteroatoms. The minimum Gasteiger partial charge on any atom is -0.378 e. The number of rotatable bonds is 3. The highest BCUT2D eigenvalue weighted by atomic mass is 32.2. The van der Waals surface area contributed by atoms with Crippen molar-refractivity contribution in [3.8, 4) is 0 Å². The number of thioether (sulfide) groups is 1. The molecule has 16 heavy (non-hydrogen) atoms. The molecular weight excluding hydrogens is 226 g/mol. The molecule has 5 nitrogen and oxygen atoms in total. The normalized spacial score (nSPS) is 16.4. The Bertz CT molecular complexity index is 401. The number of anilines is 1. The maximum absolute atomic E-state index is 11.4. The summed E-state index contributed by atoms with van der Waals surface area (Å²) in [6.45, 7) is 2.24. The number of nitrogens with zero attached hydrogens (tertiary/aromatic N) is 2. The van der Waals surface area contributed by atoms with Gasteiger partial charge in [-0.1, -0.05) is 0 Å². The fourth-order valence-electron chi connectivity index (χ4n) is 1.64. The Balaban J connectivity index is 2.21. The van der Waals surface area contributed by atoms with Crippen molar-refractivity contribution in [2.45, 2.75) is 6.61 Å². The van der Waals surface area contributed by atoms with E-state index in [-0.39, 0.29) is 5.56 Å². The van der Waals surface area contributed by atoms with Gasteiger partial charge >= 0.3 is 0 Å². The van der Waals surface area contributed by atoms with Crippen LogP contribution in [0, 0.1) is 0 Å². The predicted molar refractivity (Wildman–Crippen MR) is 65.1 cm³/mol. The number of aromatic nitrogens is 2. The van der Waals surface area contributed by atoms with Crippen molar-refractivity contribution in [2.75, 3.05) is 36.6 Å². The molecule has 1 aliphatic heterocycles. The van der Waals surface area contributed by atoms with Crippen LogP contribution in [-0.4, -0.2) is 41.7 Å². The molecule has 88 valence electrons. The maximum Gasteiger partial charge on any atom is 0.252 e. The van der Waals surface area contributed by atoms with Crippen LogP contribution in [0.25, 0.3) is 0 Å². The number of aromatic amines is 1. The van der Waals surface area contributed by atoms with E-state index in [1.165, 1.54) is 6.07 Å². The standard InChI is InChI=1S/C10H15N3O2S/c1-15-7-8-6-9(14)12-10(11-8)13-2-4-16-5-3-13/h6H,2-5,7H2,1H3,(H,11,12,14). The SMILES string of the molecule is COCc1cc(=O)[nH]c(N2CCSCC2)n1. The van der Waals surface area contributed by atoms with Gasteiger partial charge in [-0.15, -0.1) is 0 Å². The number of methoxy groups -OCH3 is 1. The topological polar surface area (TPSA) is 58.2 Å². The molecular formula is C10H15N3O2S. The minimum absolute atomic E-state index is 0.115. The summed E-state index contributed by atoms with van der Waals surface area (Å²) in [5.41, 5.74) is 0.565. The third-order valence-electron chi connectivity index (χ3n) is 2.39. The van der Waals surface area contributed by atoms with Crippen molar-refractivity contribution in [1.82, 2.24) is 9.97 Å². The van der Waals surface area contributed by atoms with Crippen molar-refractivity contribution in [2.24, 2.45) is 0 Å². The van der Waals surface area contributed by atoms with E-state index in [9.17, 15) is 4.79 Å². The molecule has 1 aliphatic rings. The summed E-state index contributed by atoms with van der Waals surface area (Å²) in [5.74, 6) is 2.83. The summed E-state index contributed by atoms with van der Waals surface area (Å²) in [6.07, 6.45) is 0. The molecule has 1 saturated heterocycles. The van der Waals surface area contributed by atoms with Gasteiger partial charge in [0.2, 0.25) is 5.95 Å². The number of hydrogen-bond donors (Lipinski definition) is 1. The van der Waals surface area contributed by atoms with Crippen LogP contribution in [0.3, 0.4) is 0 Å². The summed E-state index contributed by atoms with van der Waals surface area (Å²) < 4.78 is 4.99. The summed E-state index contributed by atoms with van der Waals surface area (Å²) in [4.78, 5) is 20.7. The largest absolute Gasteiger partial charge is 0.378 e. The van der Waals surface area contributed by atoms with E-state index in [1.807, 2.05) is 11.8 Å². The van der Waals surface area contributed by atoms with Crippen LogP contribution < -0.4 is 10.5 Å². The molecule has 0 amide bonds. The summed E-state index contributed by atoms with van der Waals surface area (Å²) in [7, 11) is 1.60. The first-order chi connectivity index (χ1) is 7.79. The second-order valence-electron chi connectivity index (χ2n) is 3.59. The molecule has 0 radical (unpaired) electrons. The highest BCUT2D eigenvalue weighted by Crippen LogP contribution is 2.14. The van der Waals surface area contributed by atoms with Crippen LogP contribution in [0.5, 0.6) is 0 Å². The van der Waals surface area contributed by atoms with Gasteiger partial charge in [0.25, 0.3) is 5.56 Å². The molecule has 2 heterocycles. The molecule has 0 atom stereocenters. The first-order valence-corrected chi connectivity index (χ1v) is 6.37. The molecule has 1 aromatic rings. The average Bonchev–Trinajstić information content (AvgIpc) is 2.30. The molecule has 2 rings (SSSR count). The molecule has 0 aromatic carbocycles. The first-order valence-electron chi connectivity index (χ1n) is 5.21. The Hall–Kier alpha value is -1.01. The van der Waals surface area contributed by atoms with Crippen molar-refractivity contribution in [1.29, 1.82) is 0 Å². The van der Waals surface area contributed by atoms with Gasteiger partial charge in [-0.05, 0) is 0 Å². The van der Waals surface area contributed by atoms with Crippen LogP contribution in [0.2, 0.25) is 0 Å². The molecule has 1 N–H and O–H groups in total. The van der Waals surface area contributed by atoms with Crippen LogP contribution in [0.4, 0.5) is 5.95 Å². The van der Waals surface area contributed by atoms with E-state index in [1.54, 1.807) is 7.11 Å². The Kier molecular flexibility index (Phi) is 3.84. The van der Waals surface area contributed by atoms with E-state index >= 15 is 0 Å². The molecule has 1 aromatic heterocycles. The highest BCUT2D eigenvalue weighted by Gasteiger charge is 2.13. The fourth-order valence-corrected chi connectivity index (χ4v) is 2.54. The van der Waals surface area contributed by atoms with Gasteiger partial charge in [-0.25, -0.2) is 4.98 Å². The zero-order valence-corrected chi connectivity index (χ0v) is 10.0. The van der Waals surface area contributed by atoms with Crippen molar-refractivity contribution >= 4 is 17.7 Å². The van der Waals surface area contributed by atoms with E-state index in [2.05, 4.69) is 14.9 Å². The zero-order chi connectivity index (χ0) is 11.4. The third kappa shape index (κ3) is 2.76. The maximum atomic E-state index is 11.4. The molecule has 0 unspecified atom stereocenters. The van der Waals surface area contributed by atoms with Crippen LogP contribution in [0.1, 0.15) is 5.69 Å². The van der Waals surface area contributed by atoms with Gasteiger partial charge in [0.1, 0.15) is 0 Å². The molecule has 0 bridgehead atoms. The molecule has 0 saturated carbocycles. The van der Waals surface area contributed by atoms with E-state index in [4.69, 9.17) is 4.74 Å². The second-order valence-corrected chi connectivity index (χ2v) is 4.82. The quantitative estimate of drug-likeness (QED) is 0.833. The fraction of sp³-hybridized carbons (Fsp3) is 0.600. The number of hydrogen-bond acceptors (Lipinski definition) is 5. The van der Waals surface area contributed by atoms with E-state index in [0.29, 0.717) is 18.2 Å². The Labute approximate surface area is 98.2 Å². The van der Waals surface area contributed by atoms with Crippen molar-refractivity contribution in [3.05, 3.63) is 22.1 Å². The van der Waals surface area contributed by atoms with Crippen LogP contribution in [0.15, 0.2) is 10.9 Å². The summed E-state index contributed by atoms with van der Waals surface area (Å²) in [5, 5.41) is 0. The van der Waals surface area contributed by atoms with Crippen molar-refractivity contribution < 1.29 is 4.74 Å². The van der Waals surface area contributed by atoms with Gasteiger partial charge in [0.15, 0.2) is 0 Å². The monoisotopic (exact) mass is 241 g/mol. The zero-order valence-electron chi connectivity index (χ0n) is 9.23. The van der Waals surface area contributed by atoms with E-state index < -0.39 is 0 Å². The Morgan fingerprint density at radius 3 is 3.00 bits per heavy atom. The van der Waals surface area contributed by atoms with Gasteiger partial charge in [-0.2, -0.15) is 11.8 Å². The lowest BCUT2D eigenvalue weighted by Gasteiger charge is -2.26. The van der Waals surface area contributed by atoms with Crippen LogP contribution >= 0.6 is 11.8 Å². The van der Waals surface area contributed by atoms with Gasteiger partial charge in [0, 0.05) is 37.8 Å². The Morgan fingerprint density at radius 1 is 1.56 bits per heavy atom. The van der Waals surface area contributed by atoms with Gasteiger partial charge < -0.3 is 9.64 Å². The lowest BCUT2D eigenvalue weighted by atomic mass is 10.4. The average molecular weight is 241 g/mol.